The second-order valence-corrected chi connectivity index (χ2v) is 5.85. The predicted molar refractivity (Wildman–Crippen MR) is 81.8 cm³/mol. The van der Waals surface area contributed by atoms with Gasteiger partial charge in [-0.15, -0.1) is 0 Å². The first-order valence-corrected chi connectivity index (χ1v) is 7.82. The lowest BCUT2D eigenvalue weighted by atomic mass is 9.94. The maximum Gasteiger partial charge on any atom is 0.236 e. The van der Waals surface area contributed by atoms with Crippen LogP contribution >= 0.6 is 0 Å². The third kappa shape index (κ3) is 7.22. The summed E-state index contributed by atoms with van der Waals surface area (Å²) in [7, 11) is 3.86. The molecule has 5 nitrogen and oxygen atoms in total. The van der Waals surface area contributed by atoms with Crippen molar-refractivity contribution in [3.8, 4) is 0 Å². The second-order valence-electron chi connectivity index (χ2n) is 5.85. The van der Waals surface area contributed by atoms with Crippen LogP contribution in [0.25, 0.3) is 0 Å². The first-order chi connectivity index (χ1) is 9.63. The van der Waals surface area contributed by atoms with E-state index in [1.165, 1.54) is 32.4 Å². The molecule has 0 spiro atoms. The first kappa shape index (κ1) is 17.4. The molecule has 0 aromatic rings. The molecular weight excluding hydrogens is 254 g/mol. The largest absolute Gasteiger partial charge is 0.385 e. The van der Waals surface area contributed by atoms with Gasteiger partial charge in [-0.05, 0) is 65.2 Å². The Morgan fingerprint density at radius 3 is 2.70 bits per heavy atom. The van der Waals surface area contributed by atoms with Crippen LogP contribution in [-0.2, 0) is 9.53 Å². The third-order valence-electron chi connectivity index (χ3n) is 4.06. The lowest BCUT2D eigenvalue weighted by Crippen LogP contribution is -2.43. The first-order valence-electron chi connectivity index (χ1n) is 7.82. The number of amides is 1. The lowest BCUT2D eigenvalue weighted by Gasteiger charge is -2.29. The summed E-state index contributed by atoms with van der Waals surface area (Å²) in [6, 6.07) is -0.108. The van der Waals surface area contributed by atoms with E-state index in [1.807, 2.05) is 6.92 Å². The van der Waals surface area contributed by atoms with Gasteiger partial charge in [-0.1, -0.05) is 0 Å². The number of piperidine rings is 1. The van der Waals surface area contributed by atoms with E-state index < -0.39 is 0 Å². The van der Waals surface area contributed by atoms with Crippen LogP contribution < -0.4 is 10.6 Å². The van der Waals surface area contributed by atoms with Crippen molar-refractivity contribution in [2.45, 2.75) is 38.6 Å². The van der Waals surface area contributed by atoms with Crippen LogP contribution in [0.2, 0.25) is 0 Å². The van der Waals surface area contributed by atoms with Crippen LogP contribution in [0.5, 0.6) is 0 Å². The molecule has 1 amide bonds. The van der Waals surface area contributed by atoms with Gasteiger partial charge in [0.15, 0.2) is 0 Å². The molecule has 0 saturated carbocycles. The van der Waals surface area contributed by atoms with Gasteiger partial charge >= 0.3 is 0 Å². The van der Waals surface area contributed by atoms with Crippen molar-refractivity contribution in [3.63, 3.8) is 0 Å². The molecular formula is C15H31N3O2. The van der Waals surface area contributed by atoms with E-state index in [2.05, 4.69) is 22.6 Å². The monoisotopic (exact) mass is 285 g/mol. The van der Waals surface area contributed by atoms with E-state index in [0.717, 1.165) is 18.9 Å². The summed E-state index contributed by atoms with van der Waals surface area (Å²) in [5.41, 5.74) is 0. The number of rotatable bonds is 9. The maximum absolute atomic E-state index is 11.8. The Hall–Kier alpha value is -0.650. The molecule has 118 valence electrons. The summed E-state index contributed by atoms with van der Waals surface area (Å²) in [5.74, 6) is 0.903. The molecule has 1 rings (SSSR count). The molecule has 20 heavy (non-hydrogen) atoms. The summed E-state index contributed by atoms with van der Waals surface area (Å²) in [6.07, 6.45) is 4.62. The molecule has 1 aliphatic heterocycles. The van der Waals surface area contributed by atoms with Crippen molar-refractivity contribution in [1.82, 2.24) is 15.5 Å². The van der Waals surface area contributed by atoms with Crippen molar-refractivity contribution in [2.75, 3.05) is 46.9 Å². The Kier molecular flexibility index (Phi) is 8.82. The highest BCUT2D eigenvalue weighted by Gasteiger charge is 2.17. The van der Waals surface area contributed by atoms with Crippen LogP contribution in [0.3, 0.4) is 0 Å². The molecule has 1 fully saturated rings. The Morgan fingerprint density at radius 1 is 1.35 bits per heavy atom. The molecule has 1 atom stereocenters. The highest BCUT2D eigenvalue weighted by Crippen LogP contribution is 2.18. The van der Waals surface area contributed by atoms with E-state index >= 15 is 0 Å². The van der Waals surface area contributed by atoms with Crippen molar-refractivity contribution in [3.05, 3.63) is 0 Å². The van der Waals surface area contributed by atoms with Crippen LogP contribution in [0.4, 0.5) is 0 Å². The van der Waals surface area contributed by atoms with Gasteiger partial charge in [0.25, 0.3) is 0 Å². The number of carbonyl (C=O) groups is 1. The van der Waals surface area contributed by atoms with Gasteiger partial charge in [0.2, 0.25) is 5.91 Å². The molecule has 0 bridgehead atoms. The summed E-state index contributed by atoms with van der Waals surface area (Å²) in [5, 5.41) is 6.25. The molecule has 1 saturated heterocycles. The smallest absolute Gasteiger partial charge is 0.236 e. The van der Waals surface area contributed by atoms with Gasteiger partial charge < -0.3 is 20.3 Å². The summed E-state index contributed by atoms with van der Waals surface area (Å²) >= 11 is 0. The molecule has 0 radical (unpaired) electrons. The minimum Gasteiger partial charge on any atom is -0.385 e. The number of hydrogen-bond donors (Lipinski definition) is 2. The third-order valence-corrected chi connectivity index (χ3v) is 4.06. The zero-order valence-electron chi connectivity index (χ0n) is 13.3. The van der Waals surface area contributed by atoms with Crippen LogP contribution in [0.15, 0.2) is 0 Å². The topological polar surface area (TPSA) is 53.6 Å². The van der Waals surface area contributed by atoms with E-state index in [9.17, 15) is 4.79 Å². The highest BCUT2D eigenvalue weighted by atomic mass is 16.5. The second kappa shape index (κ2) is 10.1. The van der Waals surface area contributed by atoms with Gasteiger partial charge in [0.05, 0.1) is 6.04 Å². The Morgan fingerprint density at radius 2 is 2.05 bits per heavy atom. The summed E-state index contributed by atoms with van der Waals surface area (Å²) in [4.78, 5) is 14.2. The molecule has 0 aliphatic carbocycles. The number of likely N-dealkylation sites (tertiary alicyclic amines) is 1. The normalized spacial score (nSPS) is 18.9. The van der Waals surface area contributed by atoms with Crippen LogP contribution in [-0.4, -0.2) is 63.8 Å². The van der Waals surface area contributed by atoms with E-state index in [1.54, 1.807) is 7.11 Å². The van der Waals surface area contributed by atoms with Gasteiger partial charge in [0, 0.05) is 20.3 Å². The number of ether oxygens (including phenoxy) is 1. The summed E-state index contributed by atoms with van der Waals surface area (Å²) < 4.78 is 4.95. The van der Waals surface area contributed by atoms with E-state index in [-0.39, 0.29) is 11.9 Å². The van der Waals surface area contributed by atoms with Crippen molar-refractivity contribution < 1.29 is 9.53 Å². The van der Waals surface area contributed by atoms with E-state index in [4.69, 9.17) is 4.74 Å². The Balaban J connectivity index is 2.04. The number of carbonyl (C=O) groups excluding carboxylic acids is 1. The van der Waals surface area contributed by atoms with Crippen molar-refractivity contribution in [1.29, 1.82) is 0 Å². The predicted octanol–water partition coefficient (Wildman–Crippen LogP) is 0.849. The number of hydrogen-bond acceptors (Lipinski definition) is 4. The Labute approximate surface area is 123 Å². The molecule has 1 aliphatic rings. The molecule has 5 heteroatoms. The van der Waals surface area contributed by atoms with Gasteiger partial charge in [-0.3, -0.25) is 4.79 Å². The lowest BCUT2D eigenvalue weighted by molar-refractivity contribution is -0.122. The fourth-order valence-corrected chi connectivity index (χ4v) is 2.53. The Bertz CT molecular complexity index is 266. The minimum atomic E-state index is -0.108. The quantitative estimate of drug-likeness (QED) is 0.617. The van der Waals surface area contributed by atoms with Gasteiger partial charge in [-0.25, -0.2) is 0 Å². The fraction of sp³-hybridized carbons (Fsp3) is 0.933. The van der Waals surface area contributed by atoms with Crippen LogP contribution in [0.1, 0.15) is 32.6 Å². The SMILES string of the molecule is COCCCNC(=O)C(C)NCCC1CCN(C)CC1. The van der Waals surface area contributed by atoms with Crippen molar-refractivity contribution in [2.24, 2.45) is 5.92 Å². The fourth-order valence-electron chi connectivity index (χ4n) is 2.53. The standard InChI is InChI=1S/C15H31N3O2/c1-13(15(19)17-8-4-12-20-3)16-9-5-14-6-10-18(2)11-7-14/h13-14,16H,4-12H2,1-3H3,(H,17,19). The van der Waals surface area contributed by atoms with Gasteiger partial charge in [0.1, 0.15) is 0 Å². The molecule has 0 aromatic carbocycles. The highest BCUT2D eigenvalue weighted by molar-refractivity contribution is 5.81. The van der Waals surface area contributed by atoms with Crippen molar-refractivity contribution >= 4 is 5.91 Å². The summed E-state index contributed by atoms with van der Waals surface area (Å²) in [6.45, 7) is 6.66. The average molecular weight is 285 g/mol. The molecule has 1 heterocycles. The van der Waals surface area contributed by atoms with Crippen LogP contribution in [0, 0.1) is 5.92 Å². The molecule has 1 unspecified atom stereocenters. The van der Waals surface area contributed by atoms with E-state index in [0.29, 0.717) is 13.2 Å². The molecule has 0 aromatic heterocycles. The number of nitrogens with zero attached hydrogens (tertiary/aromatic N) is 1. The number of methoxy groups -OCH3 is 1. The zero-order valence-corrected chi connectivity index (χ0v) is 13.3. The molecule has 2 N–H and O–H groups in total. The zero-order chi connectivity index (χ0) is 14.8. The van der Waals surface area contributed by atoms with Gasteiger partial charge in [-0.2, -0.15) is 0 Å². The average Bonchev–Trinajstić information content (AvgIpc) is 2.45. The number of nitrogens with one attached hydrogen (secondary N) is 2. The minimum absolute atomic E-state index is 0.0875. The maximum atomic E-state index is 11.8.